The highest BCUT2D eigenvalue weighted by Crippen LogP contribution is 2.27. The third-order valence-corrected chi connectivity index (χ3v) is 7.47. The molecule has 0 radical (unpaired) electrons. The van der Waals surface area contributed by atoms with Gasteiger partial charge in [0.1, 0.15) is 17.2 Å². The highest BCUT2D eigenvalue weighted by Gasteiger charge is 2.33. The highest BCUT2D eigenvalue weighted by molar-refractivity contribution is 7.89. The van der Waals surface area contributed by atoms with Gasteiger partial charge in [-0.1, -0.05) is 6.92 Å². The summed E-state index contributed by atoms with van der Waals surface area (Å²) < 4.78 is 34.4. The number of nitrogens with one attached hydrogen (secondary N) is 1. The van der Waals surface area contributed by atoms with E-state index in [2.05, 4.69) is 17.3 Å². The molecule has 1 fully saturated rings. The van der Waals surface area contributed by atoms with Gasteiger partial charge in [0.2, 0.25) is 15.9 Å². The minimum absolute atomic E-state index is 0.0642. The van der Waals surface area contributed by atoms with E-state index in [4.69, 9.17) is 4.74 Å². The molecule has 1 aromatic carbocycles. The molecule has 1 aliphatic heterocycles. The van der Waals surface area contributed by atoms with Crippen LogP contribution >= 0.6 is 0 Å². The number of nitrogens with zero attached hydrogens (tertiary/aromatic N) is 3. The molecule has 0 aliphatic carbocycles. The van der Waals surface area contributed by atoms with Crippen molar-refractivity contribution in [2.45, 2.75) is 45.1 Å². The molecular weight excluding hydrogens is 392 g/mol. The zero-order chi connectivity index (χ0) is 21.2. The summed E-state index contributed by atoms with van der Waals surface area (Å²) in [5.41, 5.74) is 1.52. The second-order valence-electron chi connectivity index (χ2n) is 7.52. The van der Waals surface area contributed by atoms with Crippen LogP contribution in [0.2, 0.25) is 0 Å². The van der Waals surface area contributed by atoms with Crippen molar-refractivity contribution in [2.24, 2.45) is 5.92 Å². The third-order valence-electron chi connectivity index (χ3n) is 5.32. The van der Waals surface area contributed by atoms with Crippen molar-refractivity contribution >= 4 is 21.6 Å². The monoisotopic (exact) mass is 420 g/mol. The van der Waals surface area contributed by atoms with Gasteiger partial charge in [0, 0.05) is 18.8 Å². The van der Waals surface area contributed by atoms with Gasteiger partial charge >= 0.3 is 0 Å². The van der Waals surface area contributed by atoms with Crippen LogP contribution in [-0.4, -0.2) is 48.6 Å². The third kappa shape index (κ3) is 4.62. The zero-order valence-corrected chi connectivity index (χ0v) is 18.1. The molecule has 0 spiro atoms. The van der Waals surface area contributed by atoms with Crippen LogP contribution in [0, 0.1) is 19.8 Å². The van der Waals surface area contributed by atoms with E-state index in [1.807, 2.05) is 0 Å². The van der Waals surface area contributed by atoms with Crippen molar-refractivity contribution in [1.82, 2.24) is 14.1 Å². The average molecular weight is 421 g/mol. The van der Waals surface area contributed by atoms with Crippen LogP contribution in [0.4, 0.5) is 5.69 Å². The summed E-state index contributed by atoms with van der Waals surface area (Å²) in [5, 5.41) is 7.11. The minimum atomic E-state index is -3.62. The Hall–Kier alpha value is -2.39. The number of sulfonamides is 1. The number of benzene rings is 1. The normalized spacial score (nSPS) is 16.0. The van der Waals surface area contributed by atoms with Crippen LogP contribution in [0.5, 0.6) is 5.75 Å². The van der Waals surface area contributed by atoms with E-state index in [-0.39, 0.29) is 17.3 Å². The molecule has 0 saturated carbocycles. The molecule has 1 saturated heterocycles. The quantitative estimate of drug-likeness (QED) is 0.775. The number of anilines is 1. The van der Waals surface area contributed by atoms with E-state index in [9.17, 15) is 13.2 Å². The number of amides is 1. The molecule has 0 atom stereocenters. The van der Waals surface area contributed by atoms with Gasteiger partial charge in [0.15, 0.2) is 0 Å². The molecule has 2 heterocycles. The van der Waals surface area contributed by atoms with Gasteiger partial charge in [0.05, 0.1) is 18.5 Å². The Morgan fingerprint density at radius 2 is 1.83 bits per heavy atom. The number of ether oxygens (including phenoxy) is 1. The SMILES string of the molecule is COc1ccc(NC(=O)Cn2nc(C)c(S(=O)(=O)N3CCC(C)CC3)c2C)cc1. The Kier molecular flexibility index (Phi) is 6.28. The lowest BCUT2D eigenvalue weighted by molar-refractivity contribution is -0.116. The smallest absolute Gasteiger partial charge is 0.246 e. The number of carbonyl (C=O) groups is 1. The molecule has 1 aliphatic rings. The Morgan fingerprint density at radius 1 is 1.21 bits per heavy atom. The summed E-state index contributed by atoms with van der Waals surface area (Å²) in [6, 6.07) is 6.99. The lowest BCUT2D eigenvalue weighted by Crippen LogP contribution is -2.38. The van der Waals surface area contributed by atoms with E-state index in [1.165, 1.54) is 8.99 Å². The number of rotatable bonds is 6. The molecule has 2 aromatic rings. The summed E-state index contributed by atoms with van der Waals surface area (Å²) in [6.07, 6.45) is 1.71. The van der Waals surface area contributed by atoms with Crippen LogP contribution in [0.3, 0.4) is 0 Å². The topological polar surface area (TPSA) is 93.5 Å². The van der Waals surface area contributed by atoms with Crippen LogP contribution in [0.1, 0.15) is 31.2 Å². The average Bonchev–Trinajstić information content (AvgIpc) is 2.96. The predicted molar refractivity (Wildman–Crippen MR) is 110 cm³/mol. The van der Waals surface area contributed by atoms with Crippen LogP contribution in [0.25, 0.3) is 0 Å². The number of carbonyl (C=O) groups excluding carboxylic acids is 1. The first-order valence-electron chi connectivity index (χ1n) is 9.70. The molecule has 0 unspecified atom stereocenters. The van der Waals surface area contributed by atoms with Crippen LogP contribution in [0.15, 0.2) is 29.2 Å². The van der Waals surface area contributed by atoms with Crippen molar-refractivity contribution in [3.8, 4) is 5.75 Å². The summed E-state index contributed by atoms with van der Waals surface area (Å²) in [7, 11) is -2.05. The summed E-state index contributed by atoms with van der Waals surface area (Å²) in [4.78, 5) is 12.6. The van der Waals surface area contributed by atoms with E-state index in [0.29, 0.717) is 41.8 Å². The molecule has 1 N–H and O–H groups in total. The molecule has 8 nitrogen and oxygen atoms in total. The Labute approximate surface area is 171 Å². The van der Waals surface area contributed by atoms with Gasteiger partial charge in [-0.3, -0.25) is 9.48 Å². The molecule has 1 aromatic heterocycles. The molecule has 0 bridgehead atoms. The number of hydrogen-bond acceptors (Lipinski definition) is 5. The summed E-state index contributed by atoms with van der Waals surface area (Å²) in [6.45, 7) is 6.48. The number of hydrogen-bond donors (Lipinski definition) is 1. The number of piperidine rings is 1. The fraction of sp³-hybridized carbons (Fsp3) is 0.500. The first-order valence-corrected chi connectivity index (χ1v) is 11.1. The van der Waals surface area contributed by atoms with Crippen molar-refractivity contribution in [3.05, 3.63) is 35.7 Å². The Balaban J connectivity index is 1.75. The van der Waals surface area contributed by atoms with E-state index < -0.39 is 10.0 Å². The lowest BCUT2D eigenvalue weighted by atomic mass is 10.0. The van der Waals surface area contributed by atoms with Gasteiger partial charge in [-0.15, -0.1) is 0 Å². The second kappa shape index (κ2) is 8.54. The van der Waals surface area contributed by atoms with E-state index in [1.54, 1.807) is 45.2 Å². The van der Waals surface area contributed by atoms with Crippen molar-refractivity contribution in [3.63, 3.8) is 0 Å². The largest absolute Gasteiger partial charge is 0.497 e. The molecule has 29 heavy (non-hydrogen) atoms. The maximum Gasteiger partial charge on any atom is 0.246 e. The maximum absolute atomic E-state index is 13.1. The van der Waals surface area contributed by atoms with Crippen molar-refractivity contribution in [2.75, 3.05) is 25.5 Å². The van der Waals surface area contributed by atoms with Gasteiger partial charge < -0.3 is 10.1 Å². The maximum atomic E-state index is 13.1. The number of methoxy groups -OCH3 is 1. The van der Waals surface area contributed by atoms with Crippen molar-refractivity contribution in [1.29, 1.82) is 0 Å². The molecule has 158 valence electrons. The molecule has 1 amide bonds. The second-order valence-corrected chi connectivity index (χ2v) is 9.40. The lowest BCUT2D eigenvalue weighted by Gasteiger charge is -2.29. The van der Waals surface area contributed by atoms with Crippen LogP contribution in [-0.2, 0) is 21.4 Å². The van der Waals surface area contributed by atoms with Gasteiger partial charge in [-0.25, -0.2) is 8.42 Å². The minimum Gasteiger partial charge on any atom is -0.497 e. The molecule has 9 heteroatoms. The standard InChI is InChI=1S/C20H28N4O4S/c1-14-9-11-23(12-10-14)29(26,27)20-15(2)22-24(16(20)3)13-19(25)21-17-5-7-18(28-4)8-6-17/h5-8,14H,9-13H2,1-4H3,(H,21,25). The first kappa shape index (κ1) is 21.3. The van der Waals surface area contributed by atoms with Crippen molar-refractivity contribution < 1.29 is 17.9 Å². The number of aryl methyl sites for hydroxylation is 1. The fourth-order valence-corrected chi connectivity index (χ4v) is 5.42. The fourth-order valence-electron chi connectivity index (χ4n) is 3.57. The van der Waals surface area contributed by atoms with E-state index >= 15 is 0 Å². The predicted octanol–water partition coefficient (Wildman–Crippen LogP) is 2.57. The van der Waals surface area contributed by atoms with Gasteiger partial charge in [0.25, 0.3) is 0 Å². The highest BCUT2D eigenvalue weighted by atomic mass is 32.2. The first-order chi connectivity index (χ1) is 13.7. The van der Waals surface area contributed by atoms with Crippen LogP contribution < -0.4 is 10.1 Å². The molecular formula is C20H28N4O4S. The van der Waals surface area contributed by atoms with E-state index in [0.717, 1.165) is 12.8 Å². The Morgan fingerprint density at radius 3 is 2.41 bits per heavy atom. The van der Waals surface area contributed by atoms with Gasteiger partial charge in [-0.05, 0) is 56.9 Å². The Bertz CT molecular complexity index is 975. The van der Waals surface area contributed by atoms with Gasteiger partial charge in [-0.2, -0.15) is 9.40 Å². The number of aromatic nitrogens is 2. The zero-order valence-electron chi connectivity index (χ0n) is 17.3. The summed E-state index contributed by atoms with van der Waals surface area (Å²) in [5.74, 6) is 0.952. The summed E-state index contributed by atoms with van der Waals surface area (Å²) >= 11 is 0. The molecule has 3 rings (SSSR count).